The lowest BCUT2D eigenvalue weighted by Crippen LogP contribution is -2.41. The zero-order valence-electron chi connectivity index (χ0n) is 24.2. The maximum atomic E-state index is 10.4. The molecule has 0 amide bonds. The number of aryl methyl sites for hydroxylation is 1. The summed E-state index contributed by atoms with van der Waals surface area (Å²) in [7, 11) is -0.872. The third kappa shape index (κ3) is 4.56. The molecule has 0 aliphatic carbocycles. The Hall–Kier alpha value is -1.40. The van der Waals surface area contributed by atoms with Crippen molar-refractivity contribution in [3.05, 3.63) is 23.3 Å². The van der Waals surface area contributed by atoms with Crippen molar-refractivity contribution in [3.63, 3.8) is 0 Å². The molecule has 1 aromatic carbocycles. The summed E-state index contributed by atoms with van der Waals surface area (Å²) in [6, 6.07) is 6.92. The topological polar surface area (TPSA) is 60.7 Å². The first-order valence-electron chi connectivity index (χ1n) is 13.8. The summed E-state index contributed by atoms with van der Waals surface area (Å²) in [5.74, 6) is 0. The summed E-state index contributed by atoms with van der Waals surface area (Å²) in [5, 5.41) is 12.6. The lowest BCUT2D eigenvalue weighted by atomic mass is 9.85. The molecule has 0 spiro atoms. The van der Waals surface area contributed by atoms with Crippen LogP contribution in [0.2, 0.25) is 0 Å². The molecule has 0 saturated carbocycles. The summed E-state index contributed by atoms with van der Waals surface area (Å²) in [6.07, 6.45) is 5.51. The molecule has 5 nitrogen and oxygen atoms in total. The normalized spacial score (nSPS) is 21.6. The fourth-order valence-electron chi connectivity index (χ4n) is 5.13. The average Bonchev–Trinajstić information content (AvgIpc) is 3.53. The third-order valence-corrected chi connectivity index (χ3v) is 11.4. The maximum absolute atomic E-state index is 10.4. The SMILES string of the molecule is CCCCCCc1c(C#N)c2cc(B3OC(C)(C)C(C)(C)O3)sc2c2sc(B3OC(C)(C)C(C)(C)O3)cc12. The van der Waals surface area contributed by atoms with Gasteiger partial charge in [0.05, 0.1) is 37.4 Å². The smallest absolute Gasteiger partial charge is 0.399 e. The van der Waals surface area contributed by atoms with Crippen molar-refractivity contribution in [2.24, 2.45) is 0 Å². The molecule has 0 unspecified atom stereocenters. The van der Waals surface area contributed by atoms with Gasteiger partial charge in [-0.25, -0.2) is 0 Å². The third-order valence-electron chi connectivity index (χ3n) is 8.97. The summed E-state index contributed by atoms with van der Waals surface area (Å²) < 4.78 is 30.0. The quantitative estimate of drug-likeness (QED) is 0.241. The molecule has 0 atom stereocenters. The second-order valence-corrected chi connectivity index (χ2v) is 14.9. The highest BCUT2D eigenvalue weighted by atomic mass is 32.1. The van der Waals surface area contributed by atoms with Gasteiger partial charge in [0.25, 0.3) is 0 Å². The number of nitriles is 1. The summed E-state index contributed by atoms with van der Waals surface area (Å²) in [5.41, 5.74) is 0.273. The van der Waals surface area contributed by atoms with Crippen LogP contribution in [0.25, 0.3) is 20.2 Å². The van der Waals surface area contributed by atoms with Crippen LogP contribution in [-0.2, 0) is 25.0 Å². The van der Waals surface area contributed by atoms with E-state index in [1.807, 2.05) is 0 Å². The number of benzene rings is 1. The molecule has 2 saturated heterocycles. The Kier molecular flexibility index (Phi) is 7.12. The van der Waals surface area contributed by atoms with E-state index in [4.69, 9.17) is 18.6 Å². The van der Waals surface area contributed by atoms with E-state index in [1.54, 1.807) is 22.7 Å². The number of nitrogens with zero attached hydrogens (tertiary/aromatic N) is 1. The van der Waals surface area contributed by atoms with Gasteiger partial charge in [0.15, 0.2) is 0 Å². The van der Waals surface area contributed by atoms with Crippen LogP contribution in [0.5, 0.6) is 0 Å². The molecule has 2 aliphatic rings. The monoisotopic (exact) mass is 551 g/mol. The Bertz CT molecular complexity index is 1380. The minimum absolute atomic E-state index is 0.406. The standard InChI is InChI=1S/C29H39B2NO4S2/c1-10-11-12-13-14-18-19-15-22(30-33-26(2,3)27(4,5)34-30)37-24(19)25-20(21(18)17-32)16-23(38-25)31-35-28(6,7)29(8,9)36-31/h15-16H,10-14H2,1-9H3. The van der Waals surface area contributed by atoms with Crippen LogP contribution in [0.15, 0.2) is 12.1 Å². The first-order valence-corrected chi connectivity index (χ1v) is 15.5. The number of unbranched alkanes of at least 4 members (excludes halogenated alkanes) is 3. The maximum Gasteiger partial charge on any atom is 0.505 e. The van der Waals surface area contributed by atoms with E-state index in [1.165, 1.54) is 17.5 Å². The molecular formula is C29H39B2NO4S2. The molecule has 38 heavy (non-hydrogen) atoms. The molecule has 0 N–H and O–H groups in total. The van der Waals surface area contributed by atoms with E-state index >= 15 is 0 Å². The Balaban J connectivity index is 1.65. The lowest BCUT2D eigenvalue weighted by Gasteiger charge is -2.32. The van der Waals surface area contributed by atoms with Crippen LogP contribution in [0, 0.1) is 11.3 Å². The largest absolute Gasteiger partial charge is 0.505 e. The van der Waals surface area contributed by atoms with Crippen LogP contribution in [0.3, 0.4) is 0 Å². The molecular weight excluding hydrogens is 512 g/mol. The van der Waals surface area contributed by atoms with E-state index < -0.39 is 36.6 Å². The van der Waals surface area contributed by atoms with Crippen molar-refractivity contribution in [2.45, 2.75) is 117 Å². The van der Waals surface area contributed by atoms with Crippen molar-refractivity contribution in [1.29, 1.82) is 5.26 Å². The fraction of sp³-hybridized carbons (Fsp3) is 0.621. The molecule has 5 rings (SSSR count). The molecule has 0 bridgehead atoms. The van der Waals surface area contributed by atoms with Crippen LogP contribution >= 0.6 is 22.7 Å². The molecule has 2 aromatic heterocycles. The molecule has 0 radical (unpaired) electrons. The minimum Gasteiger partial charge on any atom is -0.399 e. The van der Waals surface area contributed by atoms with Gasteiger partial charge >= 0.3 is 14.2 Å². The van der Waals surface area contributed by atoms with Gasteiger partial charge in [-0.15, -0.1) is 22.7 Å². The Labute approximate surface area is 236 Å². The predicted molar refractivity (Wildman–Crippen MR) is 161 cm³/mol. The van der Waals surface area contributed by atoms with Crippen LogP contribution in [0.1, 0.15) is 99.1 Å². The summed E-state index contributed by atoms with van der Waals surface area (Å²) in [4.78, 5) is 0. The van der Waals surface area contributed by atoms with Gasteiger partial charge in [-0.2, -0.15) is 5.26 Å². The van der Waals surface area contributed by atoms with Gasteiger partial charge in [-0.05, 0) is 91.3 Å². The van der Waals surface area contributed by atoms with Gasteiger partial charge in [0, 0.05) is 14.9 Å². The molecule has 202 valence electrons. The van der Waals surface area contributed by atoms with Crippen LogP contribution in [0.4, 0.5) is 0 Å². The molecule has 4 heterocycles. The number of rotatable bonds is 7. The molecule has 2 aliphatic heterocycles. The zero-order valence-corrected chi connectivity index (χ0v) is 25.9. The second-order valence-electron chi connectivity index (χ2n) is 12.7. The van der Waals surface area contributed by atoms with E-state index in [-0.39, 0.29) is 0 Å². The van der Waals surface area contributed by atoms with E-state index in [0.29, 0.717) is 0 Å². The highest BCUT2D eigenvalue weighted by Gasteiger charge is 2.53. The highest BCUT2D eigenvalue weighted by molar-refractivity contribution is 7.35. The van der Waals surface area contributed by atoms with Crippen molar-refractivity contribution in [3.8, 4) is 6.07 Å². The summed E-state index contributed by atoms with van der Waals surface area (Å²) >= 11 is 3.41. The Morgan fingerprint density at radius 1 is 0.711 bits per heavy atom. The average molecular weight is 551 g/mol. The van der Waals surface area contributed by atoms with Crippen molar-refractivity contribution in [1.82, 2.24) is 0 Å². The summed E-state index contributed by atoms with van der Waals surface area (Å²) in [6.45, 7) is 18.9. The Morgan fingerprint density at radius 3 is 1.61 bits per heavy atom. The van der Waals surface area contributed by atoms with Gasteiger partial charge in [0.1, 0.15) is 6.07 Å². The number of fused-ring (bicyclic) bond motifs is 3. The molecule has 2 fully saturated rings. The van der Waals surface area contributed by atoms with Gasteiger partial charge < -0.3 is 18.6 Å². The second kappa shape index (κ2) is 9.61. The van der Waals surface area contributed by atoms with Crippen LogP contribution < -0.4 is 9.55 Å². The zero-order chi connectivity index (χ0) is 27.7. The lowest BCUT2D eigenvalue weighted by molar-refractivity contribution is 0.00578. The van der Waals surface area contributed by atoms with Crippen molar-refractivity contribution in [2.75, 3.05) is 0 Å². The number of hydrogen-bond donors (Lipinski definition) is 0. The van der Waals surface area contributed by atoms with Gasteiger partial charge in [0.2, 0.25) is 0 Å². The fourth-order valence-corrected chi connectivity index (χ4v) is 7.56. The van der Waals surface area contributed by atoms with Gasteiger partial charge in [-0.1, -0.05) is 26.2 Å². The predicted octanol–water partition coefficient (Wildman–Crippen LogP) is 6.71. The van der Waals surface area contributed by atoms with E-state index in [2.05, 4.69) is 80.5 Å². The minimum atomic E-state index is -0.450. The van der Waals surface area contributed by atoms with Crippen molar-refractivity contribution < 1.29 is 18.6 Å². The first kappa shape index (κ1) is 28.1. The van der Waals surface area contributed by atoms with Crippen LogP contribution in [-0.4, -0.2) is 36.6 Å². The van der Waals surface area contributed by atoms with E-state index in [9.17, 15) is 5.26 Å². The first-order chi connectivity index (χ1) is 17.7. The highest BCUT2D eigenvalue weighted by Crippen LogP contribution is 2.43. The van der Waals surface area contributed by atoms with Crippen molar-refractivity contribution >= 4 is 66.6 Å². The molecule has 9 heteroatoms. The van der Waals surface area contributed by atoms with Gasteiger partial charge in [-0.3, -0.25) is 0 Å². The van der Waals surface area contributed by atoms with E-state index in [0.717, 1.165) is 55.4 Å². The molecule has 3 aromatic rings. The number of hydrogen-bond acceptors (Lipinski definition) is 7. The Morgan fingerprint density at radius 2 is 1.16 bits per heavy atom. The number of thiophene rings is 2.